The van der Waals surface area contributed by atoms with E-state index in [0.717, 1.165) is 0 Å². The second-order valence-corrected chi connectivity index (χ2v) is 4.40. The Hall–Kier alpha value is -0.280. The van der Waals surface area contributed by atoms with Gasteiger partial charge in [-0.15, -0.1) is 0 Å². The Bertz CT molecular complexity index is 302. The van der Waals surface area contributed by atoms with Crippen molar-refractivity contribution in [3.05, 3.63) is 35.9 Å². The summed E-state index contributed by atoms with van der Waals surface area (Å²) in [7, 11) is -5.63. The molecule has 0 spiro atoms. The van der Waals surface area contributed by atoms with Crippen LogP contribution < -0.4 is 0 Å². The summed E-state index contributed by atoms with van der Waals surface area (Å²) < 4.78 is 15.4. The lowest BCUT2D eigenvalue weighted by Crippen LogP contribution is -1.96. The van der Waals surface area contributed by atoms with Crippen LogP contribution in [0.1, 0.15) is 11.4 Å². The minimum Gasteiger partial charge on any atom is -0.344 e. The third kappa shape index (κ3) is 3.46. The monoisotopic (exact) mass is 236 g/mol. The molecule has 0 radical (unpaired) electrons. The molecule has 0 aliphatic heterocycles. The minimum atomic E-state index is -3.00. The fourth-order valence-electron chi connectivity index (χ4n) is 0.971. The van der Waals surface area contributed by atoms with Gasteiger partial charge in [-0.25, -0.2) is 0 Å². The van der Waals surface area contributed by atoms with Crippen molar-refractivity contribution >= 4 is 16.6 Å². The van der Waals surface area contributed by atoms with Crippen LogP contribution in [0.2, 0.25) is 0 Å². The summed E-state index contributed by atoms with van der Waals surface area (Å²) in [6, 6.07) is 8.27. The lowest BCUT2D eigenvalue weighted by molar-refractivity contribution is 0.221. The molecule has 1 aromatic carbocycles. The molecule has 1 rings (SSSR count). The van der Waals surface area contributed by atoms with Gasteiger partial charge in [-0.05, 0) is 5.56 Å². The van der Waals surface area contributed by atoms with Crippen molar-refractivity contribution < 1.29 is 23.8 Å². The van der Waals surface area contributed by atoms with Gasteiger partial charge in [0.2, 0.25) is 8.03 Å². The second-order valence-electron chi connectivity index (χ2n) is 2.49. The van der Waals surface area contributed by atoms with Crippen LogP contribution in [-0.2, 0) is 9.09 Å². The maximum absolute atomic E-state index is 10.9. The van der Waals surface area contributed by atoms with E-state index in [1.54, 1.807) is 30.3 Å². The van der Waals surface area contributed by atoms with E-state index in [9.17, 15) is 4.57 Å². The van der Waals surface area contributed by atoms with Crippen LogP contribution in [-0.4, -0.2) is 14.7 Å². The standard InChI is InChI=1S/C7H10O5P2/c8-13(9)7(12-14(10)11)6-4-2-1-3-5-6/h1-5,7,10-11,13H,(H,8,9). The Morgan fingerprint density at radius 1 is 1.29 bits per heavy atom. The predicted molar refractivity (Wildman–Crippen MR) is 52.8 cm³/mol. The highest BCUT2D eigenvalue weighted by molar-refractivity contribution is 7.42. The molecule has 2 unspecified atom stereocenters. The van der Waals surface area contributed by atoms with Crippen molar-refractivity contribution in [2.24, 2.45) is 0 Å². The molecule has 78 valence electrons. The molecule has 0 heterocycles. The number of hydrogen-bond acceptors (Lipinski definition) is 4. The van der Waals surface area contributed by atoms with Gasteiger partial charge in [-0.1, -0.05) is 30.3 Å². The second kappa shape index (κ2) is 5.56. The predicted octanol–water partition coefficient (Wildman–Crippen LogP) is 1.38. The molecular formula is C7H10O5P2. The van der Waals surface area contributed by atoms with Crippen LogP contribution in [0, 0.1) is 0 Å². The maximum atomic E-state index is 10.9. The average molecular weight is 236 g/mol. The zero-order valence-corrected chi connectivity index (χ0v) is 8.96. The van der Waals surface area contributed by atoms with Crippen molar-refractivity contribution in [1.29, 1.82) is 0 Å². The van der Waals surface area contributed by atoms with Crippen LogP contribution >= 0.6 is 16.6 Å². The zero-order valence-electron chi connectivity index (χ0n) is 7.07. The Labute approximate surface area is 82.8 Å². The molecular weight excluding hydrogens is 226 g/mol. The van der Waals surface area contributed by atoms with Gasteiger partial charge in [0, 0.05) is 0 Å². The van der Waals surface area contributed by atoms with E-state index in [2.05, 4.69) is 4.52 Å². The average Bonchev–Trinajstić information content (AvgIpc) is 2.15. The van der Waals surface area contributed by atoms with Crippen LogP contribution in [0.3, 0.4) is 0 Å². The van der Waals surface area contributed by atoms with E-state index in [1.807, 2.05) is 0 Å². The molecule has 14 heavy (non-hydrogen) atoms. The maximum Gasteiger partial charge on any atom is 0.328 e. The van der Waals surface area contributed by atoms with E-state index < -0.39 is 22.5 Å². The number of rotatable bonds is 4. The summed E-state index contributed by atoms with van der Waals surface area (Å²) in [5, 5.41) is 0. The Kier molecular flexibility index (Phi) is 4.69. The fourth-order valence-corrected chi connectivity index (χ4v) is 2.40. The third-order valence-corrected chi connectivity index (χ3v) is 3.02. The molecule has 0 aliphatic carbocycles. The Morgan fingerprint density at radius 2 is 1.86 bits per heavy atom. The summed E-state index contributed by atoms with van der Waals surface area (Å²) in [6.07, 6.45) is 0. The van der Waals surface area contributed by atoms with E-state index >= 15 is 0 Å². The van der Waals surface area contributed by atoms with E-state index in [1.165, 1.54) is 0 Å². The van der Waals surface area contributed by atoms with E-state index in [4.69, 9.17) is 14.7 Å². The van der Waals surface area contributed by atoms with Crippen molar-refractivity contribution in [2.75, 3.05) is 0 Å². The first-order valence-corrected chi connectivity index (χ1v) is 6.33. The normalized spacial score (nSPS) is 15.4. The topological polar surface area (TPSA) is 87.0 Å². The van der Waals surface area contributed by atoms with Crippen molar-refractivity contribution in [3.8, 4) is 0 Å². The number of hydrogen-bond donors (Lipinski definition) is 3. The molecule has 7 heteroatoms. The summed E-state index contributed by atoms with van der Waals surface area (Å²) in [5.41, 5.74) is 0.453. The van der Waals surface area contributed by atoms with Gasteiger partial charge in [-0.2, -0.15) is 0 Å². The minimum absolute atomic E-state index is 0.453. The summed E-state index contributed by atoms with van der Waals surface area (Å²) in [4.78, 5) is 26.1. The van der Waals surface area contributed by atoms with Crippen molar-refractivity contribution in [1.82, 2.24) is 0 Å². The smallest absolute Gasteiger partial charge is 0.328 e. The molecule has 3 N–H and O–H groups in total. The first-order valence-electron chi connectivity index (χ1n) is 3.73. The highest BCUT2D eigenvalue weighted by Gasteiger charge is 2.20. The van der Waals surface area contributed by atoms with Gasteiger partial charge in [0.1, 0.15) is 0 Å². The van der Waals surface area contributed by atoms with Gasteiger partial charge in [0.25, 0.3) is 0 Å². The molecule has 0 saturated heterocycles. The lowest BCUT2D eigenvalue weighted by atomic mass is 10.2. The molecule has 2 atom stereocenters. The largest absolute Gasteiger partial charge is 0.344 e. The summed E-state index contributed by atoms with van der Waals surface area (Å²) in [6.45, 7) is 0. The van der Waals surface area contributed by atoms with E-state index in [0.29, 0.717) is 5.56 Å². The Morgan fingerprint density at radius 3 is 2.29 bits per heavy atom. The van der Waals surface area contributed by atoms with Gasteiger partial charge < -0.3 is 14.7 Å². The summed E-state index contributed by atoms with van der Waals surface area (Å²) in [5.74, 6) is -1.15. The van der Waals surface area contributed by atoms with Crippen LogP contribution in [0.5, 0.6) is 0 Å². The molecule has 1 aromatic rings. The first-order chi connectivity index (χ1) is 6.61. The molecule has 0 saturated carbocycles. The van der Waals surface area contributed by atoms with Crippen LogP contribution in [0.25, 0.3) is 0 Å². The van der Waals surface area contributed by atoms with Crippen molar-refractivity contribution in [2.45, 2.75) is 5.85 Å². The SMILES string of the molecule is O=[PH](O)C(OP(O)O)c1ccccc1. The molecule has 5 nitrogen and oxygen atoms in total. The molecule has 0 bridgehead atoms. The first kappa shape index (κ1) is 11.8. The molecule has 0 fully saturated rings. The van der Waals surface area contributed by atoms with Gasteiger partial charge in [-0.3, -0.25) is 9.09 Å². The van der Waals surface area contributed by atoms with Gasteiger partial charge in [0.05, 0.1) is 0 Å². The third-order valence-electron chi connectivity index (χ3n) is 1.53. The quantitative estimate of drug-likeness (QED) is 0.687. The molecule has 0 aliphatic rings. The summed E-state index contributed by atoms with van der Waals surface area (Å²) >= 11 is 0. The number of benzene rings is 1. The Balaban J connectivity index is 2.84. The van der Waals surface area contributed by atoms with Crippen molar-refractivity contribution in [3.63, 3.8) is 0 Å². The van der Waals surface area contributed by atoms with Crippen LogP contribution in [0.4, 0.5) is 0 Å². The molecule has 0 amide bonds. The van der Waals surface area contributed by atoms with Gasteiger partial charge in [0.15, 0.2) is 5.85 Å². The van der Waals surface area contributed by atoms with Crippen LogP contribution in [0.15, 0.2) is 30.3 Å². The lowest BCUT2D eigenvalue weighted by Gasteiger charge is -2.14. The van der Waals surface area contributed by atoms with Gasteiger partial charge >= 0.3 is 8.60 Å². The van der Waals surface area contributed by atoms with E-state index in [-0.39, 0.29) is 0 Å². The highest BCUT2D eigenvalue weighted by Crippen LogP contribution is 2.46. The molecule has 0 aromatic heterocycles. The zero-order chi connectivity index (χ0) is 10.6. The fraction of sp³-hybridized carbons (Fsp3) is 0.143. The highest BCUT2D eigenvalue weighted by atomic mass is 31.2.